The van der Waals surface area contributed by atoms with Crippen LogP contribution in [0.5, 0.6) is 0 Å². The molecule has 1 nitrogen and oxygen atoms in total. The lowest BCUT2D eigenvalue weighted by molar-refractivity contribution is 1.37. The van der Waals surface area contributed by atoms with Gasteiger partial charge in [0.05, 0.1) is 11.6 Å². The average molecular weight is 260 g/mol. The molecule has 0 atom stereocenters. The molecule has 0 saturated heterocycles. The first-order valence-corrected chi connectivity index (χ1v) is 6.52. The van der Waals surface area contributed by atoms with Crippen LogP contribution in [0.25, 0.3) is 0 Å². The van der Waals surface area contributed by atoms with E-state index in [4.69, 9.17) is 16.9 Å². The fourth-order valence-electron chi connectivity index (χ4n) is 1.37. The highest BCUT2D eigenvalue weighted by Crippen LogP contribution is 2.23. The van der Waals surface area contributed by atoms with Crippen molar-refractivity contribution in [2.45, 2.75) is 10.6 Å². The molecule has 3 heteroatoms. The lowest BCUT2D eigenvalue weighted by atomic mass is 10.2. The molecule has 0 N–H and O–H groups in total. The smallest absolute Gasteiger partial charge is 0.0991 e. The van der Waals surface area contributed by atoms with Crippen LogP contribution in [0.4, 0.5) is 0 Å². The maximum absolute atomic E-state index is 8.69. The van der Waals surface area contributed by atoms with Gasteiger partial charge in [0.15, 0.2) is 0 Å². The van der Waals surface area contributed by atoms with E-state index < -0.39 is 0 Å². The van der Waals surface area contributed by atoms with Gasteiger partial charge in [-0.3, -0.25) is 0 Å². The number of halogens is 1. The molecule has 2 rings (SSSR count). The second-order valence-electron chi connectivity index (χ2n) is 3.55. The van der Waals surface area contributed by atoms with E-state index >= 15 is 0 Å². The number of benzene rings is 2. The number of thioether (sulfide) groups is 1. The minimum Gasteiger partial charge on any atom is -0.192 e. The predicted octanol–water partition coefficient (Wildman–Crippen LogP) is 4.50. The van der Waals surface area contributed by atoms with E-state index in [0.29, 0.717) is 5.56 Å². The van der Waals surface area contributed by atoms with Crippen molar-refractivity contribution in [1.82, 2.24) is 0 Å². The Balaban J connectivity index is 1.98. The molecule has 0 aromatic heterocycles. The summed E-state index contributed by atoms with van der Waals surface area (Å²) < 4.78 is 0. The van der Waals surface area contributed by atoms with E-state index in [1.807, 2.05) is 48.5 Å². The first-order valence-electron chi connectivity index (χ1n) is 5.15. The summed E-state index contributed by atoms with van der Waals surface area (Å²) in [5.41, 5.74) is 1.93. The highest BCUT2D eigenvalue weighted by Gasteiger charge is 1.97. The minimum absolute atomic E-state index is 0.695. The monoisotopic (exact) mass is 259 g/mol. The second kappa shape index (κ2) is 5.77. The zero-order valence-corrected chi connectivity index (χ0v) is 10.6. The Bertz CT molecular complexity index is 526. The van der Waals surface area contributed by atoms with Crippen LogP contribution in [0.3, 0.4) is 0 Å². The van der Waals surface area contributed by atoms with Crippen molar-refractivity contribution in [3.05, 3.63) is 64.7 Å². The fourth-order valence-corrected chi connectivity index (χ4v) is 2.35. The molecule has 0 saturated carbocycles. The van der Waals surface area contributed by atoms with Gasteiger partial charge in [0.1, 0.15) is 0 Å². The van der Waals surface area contributed by atoms with Gasteiger partial charge in [-0.1, -0.05) is 23.7 Å². The van der Waals surface area contributed by atoms with Crippen LogP contribution in [0.15, 0.2) is 53.4 Å². The van der Waals surface area contributed by atoms with Crippen LogP contribution in [-0.4, -0.2) is 0 Å². The van der Waals surface area contributed by atoms with Crippen molar-refractivity contribution in [3.8, 4) is 6.07 Å². The summed E-state index contributed by atoms with van der Waals surface area (Å²) in [6.07, 6.45) is 0. The van der Waals surface area contributed by atoms with Crippen LogP contribution in [0.2, 0.25) is 5.02 Å². The summed E-state index contributed by atoms with van der Waals surface area (Å²) in [7, 11) is 0. The minimum atomic E-state index is 0.695. The standard InChI is InChI=1S/C14H10ClNS/c15-13-5-1-12(2-6-13)10-17-14-7-3-11(9-16)4-8-14/h1-8H,10H2. The predicted molar refractivity (Wildman–Crippen MR) is 72.2 cm³/mol. The summed E-state index contributed by atoms with van der Waals surface area (Å²) in [5.74, 6) is 0.906. The highest BCUT2D eigenvalue weighted by molar-refractivity contribution is 7.98. The largest absolute Gasteiger partial charge is 0.192 e. The third kappa shape index (κ3) is 3.52. The number of rotatable bonds is 3. The van der Waals surface area contributed by atoms with Crippen molar-refractivity contribution >= 4 is 23.4 Å². The van der Waals surface area contributed by atoms with Gasteiger partial charge in [-0.2, -0.15) is 5.26 Å². The van der Waals surface area contributed by atoms with E-state index in [1.54, 1.807) is 11.8 Å². The molecule has 0 heterocycles. The molecular weight excluding hydrogens is 250 g/mol. The van der Waals surface area contributed by atoms with Crippen molar-refractivity contribution in [2.24, 2.45) is 0 Å². The van der Waals surface area contributed by atoms with Gasteiger partial charge in [-0.15, -0.1) is 11.8 Å². The Morgan fingerprint density at radius 1 is 1.00 bits per heavy atom. The van der Waals surface area contributed by atoms with Gasteiger partial charge in [-0.05, 0) is 42.0 Å². The second-order valence-corrected chi connectivity index (χ2v) is 5.04. The average Bonchev–Trinajstić information content (AvgIpc) is 2.39. The van der Waals surface area contributed by atoms with Crippen LogP contribution >= 0.6 is 23.4 Å². The SMILES string of the molecule is N#Cc1ccc(SCc2ccc(Cl)cc2)cc1. The molecule has 0 amide bonds. The molecule has 0 unspecified atom stereocenters. The molecule has 84 valence electrons. The van der Waals surface area contributed by atoms with E-state index in [2.05, 4.69) is 6.07 Å². The molecule has 0 radical (unpaired) electrons. The molecule has 2 aromatic rings. The maximum atomic E-state index is 8.69. The normalized spacial score (nSPS) is 9.88. The van der Waals surface area contributed by atoms with E-state index in [1.165, 1.54) is 10.5 Å². The molecule has 0 bridgehead atoms. The van der Waals surface area contributed by atoms with Crippen molar-refractivity contribution < 1.29 is 0 Å². The van der Waals surface area contributed by atoms with Gasteiger partial charge in [0, 0.05) is 15.7 Å². The van der Waals surface area contributed by atoms with E-state index in [9.17, 15) is 0 Å². The van der Waals surface area contributed by atoms with Gasteiger partial charge in [0.25, 0.3) is 0 Å². The molecule has 17 heavy (non-hydrogen) atoms. The Hall–Kier alpha value is -1.43. The summed E-state index contributed by atoms with van der Waals surface area (Å²) in [5, 5.41) is 9.45. The zero-order valence-electron chi connectivity index (χ0n) is 9.06. The van der Waals surface area contributed by atoms with Crippen LogP contribution in [0, 0.1) is 11.3 Å². The number of hydrogen-bond donors (Lipinski definition) is 0. The maximum Gasteiger partial charge on any atom is 0.0991 e. The van der Waals surface area contributed by atoms with Crippen molar-refractivity contribution in [3.63, 3.8) is 0 Å². The quantitative estimate of drug-likeness (QED) is 0.758. The van der Waals surface area contributed by atoms with Crippen LogP contribution < -0.4 is 0 Å². The zero-order chi connectivity index (χ0) is 12.1. The first kappa shape index (κ1) is 12.0. The molecule has 0 aliphatic carbocycles. The lowest BCUT2D eigenvalue weighted by Crippen LogP contribution is -1.80. The molecule has 0 aliphatic rings. The highest BCUT2D eigenvalue weighted by atomic mass is 35.5. The summed E-state index contributed by atoms with van der Waals surface area (Å²) in [6, 6.07) is 17.6. The van der Waals surface area contributed by atoms with Gasteiger partial charge in [-0.25, -0.2) is 0 Å². The Morgan fingerprint density at radius 2 is 1.65 bits per heavy atom. The van der Waals surface area contributed by atoms with Crippen molar-refractivity contribution in [2.75, 3.05) is 0 Å². The molecule has 0 spiro atoms. The summed E-state index contributed by atoms with van der Waals surface area (Å²) in [6.45, 7) is 0. The lowest BCUT2D eigenvalue weighted by Gasteiger charge is -2.02. The third-order valence-corrected chi connectivity index (χ3v) is 3.64. The number of nitrogens with zero attached hydrogens (tertiary/aromatic N) is 1. The Kier molecular flexibility index (Phi) is 4.08. The van der Waals surface area contributed by atoms with Crippen molar-refractivity contribution in [1.29, 1.82) is 5.26 Å². The molecule has 0 aliphatic heterocycles. The molecule has 2 aromatic carbocycles. The Labute approximate surface area is 110 Å². The van der Waals surface area contributed by atoms with Gasteiger partial charge in [0.2, 0.25) is 0 Å². The van der Waals surface area contributed by atoms with Gasteiger partial charge >= 0.3 is 0 Å². The summed E-state index contributed by atoms with van der Waals surface area (Å²) >= 11 is 7.57. The third-order valence-electron chi connectivity index (χ3n) is 2.30. The summed E-state index contributed by atoms with van der Waals surface area (Å²) in [4.78, 5) is 1.17. The molecule has 0 fully saturated rings. The topological polar surface area (TPSA) is 23.8 Å². The van der Waals surface area contributed by atoms with Gasteiger partial charge < -0.3 is 0 Å². The first-order chi connectivity index (χ1) is 8.28. The Morgan fingerprint density at radius 3 is 2.24 bits per heavy atom. The van der Waals surface area contributed by atoms with Crippen LogP contribution in [0.1, 0.15) is 11.1 Å². The number of nitriles is 1. The molecular formula is C14H10ClNS. The van der Waals surface area contributed by atoms with Crippen LogP contribution in [-0.2, 0) is 5.75 Å². The number of hydrogen-bond acceptors (Lipinski definition) is 2. The fraction of sp³-hybridized carbons (Fsp3) is 0.0714. The van der Waals surface area contributed by atoms with E-state index in [0.717, 1.165) is 10.8 Å². The van der Waals surface area contributed by atoms with E-state index in [-0.39, 0.29) is 0 Å².